The lowest BCUT2D eigenvalue weighted by molar-refractivity contribution is -0.120. The summed E-state index contributed by atoms with van der Waals surface area (Å²) >= 11 is 0. The molecule has 0 unspecified atom stereocenters. The molecule has 0 saturated heterocycles. The summed E-state index contributed by atoms with van der Waals surface area (Å²) in [6, 6.07) is 8.89. The van der Waals surface area contributed by atoms with Crippen LogP contribution in [0, 0.1) is 5.92 Å². The highest BCUT2D eigenvalue weighted by atomic mass is 16.1. The minimum atomic E-state index is 0.157. The van der Waals surface area contributed by atoms with Gasteiger partial charge in [0.2, 0.25) is 5.91 Å². The van der Waals surface area contributed by atoms with Gasteiger partial charge in [0.25, 0.3) is 0 Å². The van der Waals surface area contributed by atoms with Crippen LogP contribution in [0.5, 0.6) is 0 Å². The summed E-state index contributed by atoms with van der Waals surface area (Å²) in [6.07, 6.45) is 3.92. The van der Waals surface area contributed by atoms with Gasteiger partial charge in [0, 0.05) is 6.04 Å². The third-order valence-electron chi connectivity index (χ3n) is 2.97. The fraction of sp³-hybridized carbons (Fsp3) is 0.533. The van der Waals surface area contributed by atoms with Crippen molar-refractivity contribution in [3.63, 3.8) is 0 Å². The number of benzene rings is 1. The highest BCUT2D eigenvalue weighted by molar-refractivity contribution is 5.79. The lowest BCUT2D eigenvalue weighted by Crippen LogP contribution is -2.26. The fourth-order valence-electron chi connectivity index (χ4n) is 1.96. The summed E-state index contributed by atoms with van der Waals surface area (Å²) in [6.45, 7) is 4.44. The molecule has 0 aliphatic heterocycles. The van der Waals surface area contributed by atoms with E-state index in [4.69, 9.17) is 0 Å². The zero-order valence-corrected chi connectivity index (χ0v) is 10.7. The van der Waals surface area contributed by atoms with E-state index in [-0.39, 0.29) is 5.91 Å². The molecule has 2 heteroatoms. The Hall–Kier alpha value is -1.31. The van der Waals surface area contributed by atoms with E-state index in [1.165, 1.54) is 5.56 Å². The third-order valence-corrected chi connectivity index (χ3v) is 2.97. The first-order chi connectivity index (χ1) is 8.13. The second-order valence-corrected chi connectivity index (χ2v) is 5.43. The summed E-state index contributed by atoms with van der Waals surface area (Å²) in [5, 5.41) is 3.01. The molecule has 2 nitrogen and oxygen atoms in total. The predicted molar refractivity (Wildman–Crippen MR) is 69.9 cm³/mol. The van der Waals surface area contributed by atoms with E-state index < -0.39 is 0 Å². The zero-order chi connectivity index (χ0) is 12.3. The Morgan fingerprint density at radius 2 is 1.82 bits per heavy atom. The van der Waals surface area contributed by atoms with Crippen molar-refractivity contribution in [2.75, 3.05) is 0 Å². The number of carbonyl (C=O) groups excluding carboxylic acids is 1. The lowest BCUT2D eigenvalue weighted by atomic mass is 10.0. The van der Waals surface area contributed by atoms with Crippen LogP contribution in [0.25, 0.3) is 0 Å². The smallest absolute Gasteiger partial charge is 0.224 e. The molecule has 0 radical (unpaired) electrons. The summed E-state index contributed by atoms with van der Waals surface area (Å²) in [7, 11) is 0. The van der Waals surface area contributed by atoms with Gasteiger partial charge >= 0.3 is 0 Å². The highest BCUT2D eigenvalue weighted by Gasteiger charge is 2.22. The molecule has 0 atom stereocenters. The van der Waals surface area contributed by atoms with Gasteiger partial charge in [-0.25, -0.2) is 0 Å². The number of hydrogen-bond acceptors (Lipinski definition) is 1. The quantitative estimate of drug-likeness (QED) is 0.829. The van der Waals surface area contributed by atoms with Crippen molar-refractivity contribution >= 4 is 5.91 Å². The first-order valence-corrected chi connectivity index (χ1v) is 6.50. The Bertz CT molecular complexity index is 376. The van der Waals surface area contributed by atoms with Crippen LogP contribution in [-0.2, 0) is 17.6 Å². The molecule has 0 spiro atoms. The van der Waals surface area contributed by atoms with Gasteiger partial charge in [-0.2, -0.15) is 0 Å². The van der Waals surface area contributed by atoms with Crippen LogP contribution in [0.15, 0.2) is 24.3 Å². The second kappa shape index (κ2) is 5.35. The second-order valence-electron chi connectivity index (χ2n) is 5.43. The zero-order valence-electron chi connectivity index (χ0n) is 10.7. The molecular formula is C15H21NO. The molecule has 1 saturated carbocycles. The normalized spacial score (nSPS) is 15.0. The van der Waals surface area contributed by atoms with Gasteiger partial charge in [-0.1, -0.05) is 38.1 Å². The molecule has 17 heavy (non-hydrogen) atoms. The van der Waals surface area contributed by atoms with Crippen LogP contribution < -0.4 is 5.32 Å². The van der Waals surface area contributed by atoms with Crippen molar-refractivity contribution in [3.05, 3.63) is 35.4 Å². The van der Waals surface area contributed by atoms with Gasteiger partial charge in [0.1, 0.15) is 0 Å². The van der Waals surface area contributed by atoms with Crippen LogP contribution >= 0.6 is 0 Å². The summed E-state index contributed by atoms with van der Waals surface area (Å²) in [5.74, 6) is 0.836. The Labute approximate surface area is 103 Å². The lowest BCUT2D eigenvalue weighted by Gasteiger charge is -2.07. The molecule has 1 amide bonds. The number of carbonyl (C=O) groups is 1. The van der Waals surface area contributed by atoms with Crippen LogP contribution in [0.1, 0.15) is 37.8 Å². The van der Waals surface area contributed by atoms with Crippen molar-refractivity contribution in [1.29, 1.82) is 0 Å². The van der Waals surface area contributed by atoms with Crippen molar-refractivity contribution in [2.24, 2.45) is 5.92 Å². The van der Waals surface area contributed by atoms with E-state index in [0.717, 1.165) is 24.8 Å². The molecule has 1 aliphatic rings. The maximum Gasteiger partial charge on any atom is 0.224 e. The molecule has 1 N–H and O–H groups in total. The number of amides is 1. The average molecular weight is 231 g/mol. The Kier molecular flexibility index (Phi) is 3.82. The van der Waals surface area contributed by atoms with Crippen LogP contribution in [0.3, 0.4) is 0 Å². The number of hydrogen-bond donors (Lipinski definition) is 1. The van der Waals surface area contributed by atoms with E-state index in [9.17, 15) is 4.79 Å². The molecule has 2 rings (SSSR count). The maximum absolute atomic E-state index is 11.6. The number of nitrogens with one attached hydrogen (secondary N) is 1. The largest absolute Gasteiger partial charge is 0.353 e. The third kappa shape index (κ3) is 4.22. The van der Waals surface area contributed by atoms with Crippen LogP contribution in [0.4, 0.5) is 0 Å². The van der Waals surface area contributed by atoms with E-state index in [0.29, 0.717) is 18.4 Å². The molecule has 1 aromatic carbocycles. The van der Waals surface area contributed by atoms with Crippen molar-refractivity contribution in [2.45, 2.75) is 45.6 Å². The molecule has 1 aromatic rings. The minimum absolute atomic E-state index is 0.157. The molecule has 0 heterocycles. The molecule has 0 aromatic heterocycles. The first-order valence-electron chi connectivity index (χ1n) is 6.50. The van der Waals surface area contributed by atoms with Crippen molar-refractivity contribution < 1.29 is 4.79 Å². The Morgan fingerprint density at radius 1 is 1.24 bits per heavy atom. The first kappa shape index (κ1) is 12.2. The van der Waals surface area contributed by atoms with Crippen LogP contribution in [0.2, 0.25) is 0 Å². The highest BCUT2D eigenvalue weighted by Crippen LogP contribution is 2.18. The topological polar surface area (TPSA) is 29.1 Å². The summed E-state index contributed by atoms with van der Waals surface area (Å²) in [5.41, 5.74) is 2.46. The Balaban J connectivity index is 1.86. The fourth-order valence-corrected chi connectivity index (χ4v) is 1.96. The van der Waals surface area contributed by atoms with Gasteiger partial charge in [-0.3, -0.25) is 4.79 Å². The van der Waals surface area contributed by atoms with Gasteiger partial charge in [-0.05, 0) is 36.3 Å². The van der Waals surface area contributed by atoms with Gasteiger partial charge in [0.05, 0.1) is 6.42 Å². The minimum Gasteiger partial charge on any atom is -0.353 e. The van der Waals surface area contributed by atoms with Crippen molar-refractivity contribution in [1.82, 2.24) is 5.32 Å². The molecule has 0 bridgehead atoms. The summed E-state index contributed by atoms with van der Waals surface area (Å²) in [4.78, 5) is 11.6. The van der Waals surface area contributed by atoms with E-state index in [1.807, 2.05) is 0 Å². The predicted octanol–water partition coefficient (Wildman–Crippen LogP) is 2.71. The number of rotatable bonds is 5. The van der Waals surface area contributed by atoms with Gasteiger partial charge in [-0.15, -0.1) is 0 Å². The van der Waals surface area contributed by atoms with E-state index in [2.05, 4.69) is 43.4 Å². The van der Waals surface area contributed by atoms with E-state index in [1.54, 1.807) is 0 Å². The van der Waals surface area contributed by atoms with Crippen molar-refractivity contribution in [3.8, 4) is 0 Å². The molecule has 1 fully saturated rings. The van der Waals surface area contributed by atoms with Crippen LogP contribution in [-0.4, -0.2) is 11.9 Å². The molecule has 92 valence electrons. The maximum atomic E-state index is 11.6. The van der Waals surface area contributed by atoms with Gasteiger partial charge < -0.3 is 5.32 Å². The SMILES string of the molecule is CC(C)Cc1ccc(CC(=O)NC2CC2)cc1. The average Bonchev–Trinajstić information content (AvgIpc) is 3.04. The van der Waals surface area contributed by atoms with Gasteiger partial charge in [0.15, 0.2) is 0 Å². The van der Waals surface area contributed by atoms with E-state index >= 15 is 0 Å². The monoisotopic (exact) mass is 231 g/mol. The Morgan fingerprint density at radius 3 is 2.35 bits per heavy atom. The molecular weight excluding hydrogens is 210 g/mol. The molecule has 1 aliphatic carbocycles. The summed E-state index contributed by atoms with van der Waals surface area (Å²) < 4.78 is 0. The standard InChI is InChI=1S/C15H21NO/c1-11(2)9-12-3-5-13(6-4-12)10-15(17)16-14-7-8-14/h3-6,11,14H,7-10H2,1-2H3,(H,16,17).